The molecule has 0 radical (unpaired) electrons. The molecule has 3 atom stereocenters. The maximum atomic E-state index is 12.6. The van der Waals surface area contributed by atoms with Gasteiger partial charge >= 0.3 is 0 Å². The Morgan fingerprint density at radius 1 is 1.19 bits per heavy atom. The molecule has 2 aliphatic rings. The first kappa shape index (κ1) is 16.2. The molecule has 1 saturated heterocycles. The highest BCUT2D eigenvalue weighted by Crippen LogP contribution is 2.36. The monoisotopic (exact) mass is 293 g/mol. The number of likely N-dealkylation sites (tertiary alicyclic amines) is 1. The maximum Gasteiger partial charge on any atom is 0.233 e. The second-order valence-electron chi connectivity index (χ2n) is 6.90. The van der Waals surface area contributed by atoms with Crippen LogP contribution in [0.15, 0.2) is 0 Å². The van der Waals surface area contributed by atoms with Gasteiger partial charge < -0.3 is 4.79 Å². The molecule has 4 nitrogen and oxygen atoms in total. The molecule has 2 fully saturated rings. The van der Waals surface area contributed by atoms with Gasteiger partial charge in [0.05, 0.1) is 5.92 Å². The third-order valence-corrected chi connectivity index (χ3v) is 5.53. The number of carbonyl (C=O) groups excluding carboxylic acids is 3. The number of aldehydes is 1. The van der Waals surface area contributed by atoms with Gasteiger partial charge in [0.15, 0.2) is 0 Å². The third kappa shape index (κ3) is 3.19. The average Bonchev–Trinajstić information content (AvgIpc) is 2.71. The van der Waals surface area contributed by atoms with Crippen molar-refractivity contribution in [3.8, 4) is 0 Å². The molecule has 0 N–H and O–H groups in total. The van der Waals surface area contributed by atoms with Gasteiger partial charge in [-0.1, -0.05) is 27.2 Å². The first-order chi connectivity index (χ1) is 9.99. The van der Waals surface area contributed by atoms with Crippen molar-refractivity contribution in [2.75, 3.05) is 6.54 Å². The molecule has 0 spiro atoms. The summed E-state index contributed by atoms with van der Waals surface area (Å²) in [7, 11) is 0. The van der Waals surface area contributed by atoms with Gasteiger partial charge in [0.2, 0.25) is 11.8 Å². The van der Waals surface area contributed by atoms with E-state index in [4.69, 9.17) is 0 Å². The van der Waals surface area contributed by atoms with Crippen molar-refractivity contribution >= 4 is 18.1 Å². The smallest absolute Gasteiger partial charge is 0.233 e. The molecule has 0 aromatic rings. The third-order valence-electron chi connectivity index (χ3n) is 5.53. The summed E-state index contributed by atoms with van der Waals surface area (Å²) in [5.41, 5.74) is 0. The normalized spacial score (nSPS) is 35.1. The fraction of sp³-hybridized carbons (Fsp3) is 0.824. The molecule has 1 aliphatic heterocycles. The maximum absolute atomic E-state index is 12.6. The molecule has 0 aromatic heterocycles. The van der Waals surface area contributed by atoms with Crippen LogP contribution in [-0.2, 0) is 14.4 Å². The lowest BCUT2D eigenvalue weighted by Crippen LogP contribution is -2.37. The predicted octanol–water partition coefficient (Wildman–Crippen LogP) is 2.66. The molecule has 0 aromatic carbocycles. The van der Waals surface area contributed by atoms with Gasteiger partial charge in [-0.3, -0.25) is 14.5 Å². The van der Waals surface area contributed by atoms with E-state index in [0.29, 0.717) is 12.5 Å². The SMILES string of the molecule is CCC(C)C1C(=O)N(CC2CCC(C=O)CC2)C(=O)C1C. The van der Waals surface area contributed by atoms with E-state index in [2.05, 4.69) is 13.8 Å². The van der Waals surface area contributed by atoms with Crippen molar-refractivity contribution in [2.45, 2.75) is 52.9 Å². The number of hydrogen-bond donors (Lipinski definition) is 0. The van der Waals surface area contributed by atoms with Crippen molar-refractivity contribution in [3.63, 3.8) is 0 Å². The highest BCUT2D eigenvalue weighted by molar-refractivity contribution is 6.05. The van der Waals surface area contributed by atoms with Gasteiger partial charge in [0.1, 0.15) is 6.29 Å². The summed E-state index contributed by atoms with van der Waals surface area (Å²) in [6.45, 7) is 6.57. The summed E-state index contributed by atoms with van der Waals surface area (Å²) in [6.07, 6.45) is 5.66. The fourth-order valence-corrected chi connectivity index (χ4v) is 3.84. The molecule has 2 rings (SSSR count). The van der Waals surface area contributed by atoms with Crippen molar-refractivity contribution in [2.24, 2.45) is 29.6 Å². The van der Waals surface area contributed by atoms with Crippen LogP contribution in [0.2, 0.25) is 0 Å². The molecule has 4 heteroatoms. The zero-order valence-electron chi connectivity index (χ0n) is 13.4. The number of amides is 2. The topological polar surface area (TPSA) is 54.5 Å². The van der Waals surface area contributed by atoms with Crippen LogP contribution in [0.25, 0.3) is 0 Å². The quantitative estimate of drug-likeness (QED) is 0.578. The lowest BCUT2D eigenvalue weighted by molar-refractivity contribution is -0.141. The van der Waals surface area contributed by atoms with E-state index in [1.807, 2.05) is 6.92 Å². The Morgan fingerprint density at radius 3 is 2.33 bits per heavy atom. The van der Waals surface area contributed by atoms with Crippen LogP contribution in [0.4, 0.5) is 0 Å². The summed E-state index contributed by atoms with van der Waals surface area (Å²) < 4.78 is 0. The summed E-state index contributed by atoms with van der Waals surface area (Å²) in [5.74, 6) is 0.511. The Kier molecular flexibility index (Phi) is 5.17. The second kappa shape index (κ2) is 6.71. The first-order valence-corrected chi connectivity index (χ1v) is 8.30. The molecule has 3 unspecified atom stereocenters. The Morgan fingerprint density at radius 2 is 1.81 bits per heavy atom. The van der Waals surface area contributed by atoms with E-state index in [0.717, 1.165) is 38.4 Å². The van der Waals surface area contributed by atoms with Crippen LogP contribution in [0.3, 0.4) is 0 Å². The van der Waals surface area contributed by atoms with E-state index in [9.17, 15) is 14.4 Å². The Bertz CT molecular complexity index is 412. The molecule has 1 saturated carbocycles. The standard InChI is InChI=1S/C17H27NO3/c1-4-11(2)15-12(3)16(20)18(17(15)21)9-13-5-7-14(10-19)8-6-13/h10-15H,4-9H2,1-3H3. The van der Waals surface area contributed by atoms with E-state index >= 15 is 0 Å². The zero-order valence-corrected chi connectivity index (χ0v) is 13.4. The van der Waals surface area contributed by atoms with Gasteiger partial charge in [0.25, 0.3) is 0 Å². The van der Waals surface area contributed by atoms with Crippen LogP contribution >= 0.6 is 0 Å². The second-order valence-corrected chi connectivity index (χ2v) is 6.90. The highest BCUT2D eigenvalue weighted by atomic mass is 16.2. The number of hydrogen-bond acceptors (Lipinski definition) is 3. The van der Waals surface area contributed by atoms with E-state index in [1.54, 1.807) is 0 Å². The fourth-order valence-electron chi connectivity index (χ4n) is 3.84. The predicted molar refractivity (Wildman–Crippen MR) is 80.3 cm³/mol. The zero-order chi connectivity index (χ0) is 15.6. The van der Waals surface area contributed by atoms with Gasteiger partial charge in [-0.2, -0.15) is 0 Å². The van der Waals surface area contributed by atoms with Crippen LogP contribution in [0.1, 0.15) is 52.9 Å². The minimum absolute atomic E-state index is 0.00260. The molecule has 1 aliphatic carbocycles. The van der Waals surface area contributed by atoms with Crippen molar-refractivity contribution < 1.29 is 14.4 Å². The minimum atomic E-state index is -0.182. The Balaban J connectivity index is 1.99. The molecule has 0 bridgehead atoms. The Labute approximate surface area is 127 Å². The highest BCUT2D eigenvalue weighted by Gasteiger charge is 2.47. The minimum Gasteiger partial charge on any atom is -0.303 e. The molecular weight excluding hydrogens is 266 g/mol. The van der Waals surface area contributed by atoms with Crippen LogP contribution in [0.5, 0.6) is 0 Å². The van der Waals surface area contributed by atoms with Gasteiger partial charge in [-0.05, 0) is 37.5 Å². The number of nitrogens with zero attached hydrogens (tertiary/aromatic N) is 1. The van der Waals surface area contributed by atoms with E-state index in [-0.39, 0.29) is 35.5 Å². The van der Waals surface area contributed by atoms with Crippen LogP contribution in [0, 0.1) is 29.6 Å². The number of imide groups is 1. The van der Waals surface area contributed by atoms with E-state index in [1.165, 1.54) is 4.90 Å². The van der Waals surface area contributed by atoms with Gasteiger partial charge in [-0.15, -0.1) is 0 Å². The molecule has 1 heterocycles. The average molecular weight is 293 g/mol. The lowest BCUT2D eigenvalue weighted by Gasteiger charge is -2.28. The van der Waals surface area contributed by atoms with Crippen molar-refractivity contribution in [1.29, 1.82) is 0 Å². The summed E-state index contributed by atoms with van der Waals surface area (Å²) in [5, 5.41) is 0. The molecule has 21 heavy (non-hydrogen) atoms. The summed E-state index contributed by atoms with van der Waals surface area (Å²) in [4.78, 5) is 37.3. The summed E-state index contributed by atoms with van der Waals surface area (Å²) >= 11 is 0. The largest absolute Gasteiger partial charge is 0.303 e. The van der Waals surface area contributed by atoms with Crippen LogP contribution in [-0.4, -0.2) is 29.5 Å². The van der Waals surface area contributed by atoms with Gasteiger partial charge in [-0.25, -0.2) is 0 Å². The molecule has 2 amide bonds. The number of carbonyl (C=O) groups is 3. The Hall–Kier alpha value is -1.19. The van der Waals surface area contributed by atoms with Crippen molar-refractivity contribution in [3.05, 3.63) is 0 Å². The van der Waals surface area contributed by atoms with E-state index < -0.39 is 0 Å². The first-order valence-electron chi connectivity index (χ1n) is 8.30. The van der Waals surface area contributed by atoms with Crippen molar-refractivity contribution in [1.82, 2.24) is 4.90 Å². The lowest BCUT2D eigenvalue weighted by atomic mass is 9.82. The van der Waals surface area contributed by atoms with Gasteiger partial charge in [0, 0.05) is 18.4 Å². The summed E-state index contributed by atoms with van der Waals surface area (Å²) in [6, 6.07) is 0. The molecule has 118 valence electrons. The number of rotatable bonds is 5. The molecular formula is C17H27NO3. The van der Waals surface area contributed by atoms with Crippen LogP contribution < -0.4 is 0 Å².